The van der Waals surface area contributed by atoms with Crippen LogP contribution in [-0.4, -0.2) is 70.7 Å². The number of aliphatic hydroxyl groups excluding tert-OH is 1. The number of likely N-dealkylation sites (N-methyl/N-ethyl adjacent to an activating group) is 1. The number of carbonyl (C=O) groups is 2. The maximum Gasteiger partial charge on any atom is 0.295 e. The monoisotopic (exact) mass is 412 g/mol. The Morgan fingerprint density at radius 2 is 1.97 bits per heavy atom. The molecule has 1 saturated heterocycles. The second-order valence-corrected chi connectivity index (χ2v) is 7.74. The SMILES string of the molecule is COc1cccc([C@H]2/C(=C(\O)c3c(C)nn(C)c3C)C(=O)C(=O)N2CCN(C)C)c1. The van der Waals surface area contributed by atoms with Crippen molar-refractivity contribution in [3.63, 3.8) is 0 Å². The maximum atomic E-state index is 13.1. The van der Waals surface area contributed by atoms with Gasteiger partial charge in [-0.2, -0.15) is 5.10 Å². The van der Waals surface area contributed by atoms with Gasteiger partial charge in [-0.1, -0.05) is 12.1 Å². The lowest BCUT2D eigenvalue weighted by molar-refractivity contribution is -0.140. The molecule has 2 aromatic rings. The van der Waals surface area contributed by atoms with Crippen LogP contribution in [0.2, 0.25) is 0 Å². The fraction of sp³-hybridized carbons (Fsp3) is 0.409. The lowest BCUT2D eigenvalue weighted by Crippen LogP contribution is -2.35. The number of aromatic nitrogens is 2. The van der Waals surface area contributed by atoms with Gasteiger partial charge in [0.05, 0.1) is 30.0 Å². The summed E-state index contributed by atoms with van der Waals surface area (Å²) >= 11 is 0. The van der Waals surface area contributed by atoms with Crippen LogP contribution in [0.5, 0.6) is 5.75 Å². The first-order valence-electron chi connectivity index (χ1n) is 9.75. The minimum Gasteiger partial charge on any atom is -0.507 e. The number of hydrogen-bond acceptors (Lipinski definition) is 6. The lowest BCUT2D eigenvalue weighted by atomic mass is 9.94. The third-order valence-corrected chi connectivity index (χ3v) is 5.48. The molecule has 0 aliphatic carbocycles. The van der Waals surface area contributed by atoms with Gasteiger partial charge >= 0.3 is 0 Å². The van der Waals surface area contributed by atoms with E-state index in [4.69, 9.17) is 4.74 Å². The zero-order valence-electron chi connectivity index (χ0n) is 18.3. The molecule has 1 aliphatic heterocycles. The van der Waals surface area contributed by atoms with Gasteiger partial charge in [0.1, 0.15) is 11.5 Å². The van der Waals surface area contributed by atoms with E-state index < -0.39 is 17.7 Å². The number of ketones is 1. The molecule has 8 nitrogen and oxygen atoms in total. The van der Waals surface area contributed by atoms with E-state index in [1.807, 2.05) is 32.0 Å². The average Bonchev–Trinajstić information content (AvgIpc) is 3.11. The van der Waals surface area contributed by atoms with Gasteiger partial charge in [0, 0.05) is 25.8 Å². The van der Waals surface area contributed by atoms with Crippen molar-refractivity contribution in [2.75, 3.05) is 34.3 Å². The average molecular weight is 412 g/mol. The normalized spacial score (nSPS) is 18.5. The quantitative estimate of drug-likeness (QED) is 0.444. The molecule has 1 aliphatic rings. The molecule has 0 bridgehead atoms. The highest BCUT2D eigenvalue weighted by atomic mass is 16.5. The number of aliphatic hydroxyl groups is 1. The van der Waals surface area contributed by atoms with Crippen molar-refractivity contribution in [1.29, 1.82) is 0 Å². The first-order chi connectivity index (χ1) is 14.2. The number of amides is 1. The second-order valence-electron chi connectivity index (χ2n) is 7.74. The molecule has 1 N–H and O–H groups in total. The van der Waals surface area contributed by atoms with Crippen molar-refractivity contribution in [2.45, 2.75) is 19.9 Å². The summed E-state index contributed by atoms with van der Waals surface area (Å²) in [6.45, 7) is 4.52. The molecule has 0 spiro atoms. The number of rotatable bonds is 6. The van der Waals surface area contributed by atoms with Gasteiger partial charge in [0.25, 0.3) is 11.7 Å². The molecule has 0 saturated carbocycles. The van der Waals surface area contributed by atoms with Crippen LogP contribution in [0.1, 0.15) is 28.6 Å². The highest BCUT2D eigenvalue weighted by molar-refractivity contribution is 6.46. The molecule has 160 valence electrons. The summed E-state index contributed by atoms with van der Waals surface area (Å²) in [5, 5.41) is 15.6. The van der Waals surface area contributed by atoms with E-state index in [1.54, 1.807) is 44.0 Å². The van der Waals surface area contributed by atoms with Crippen molar-refractivity contribution in [3.05, 3.63) is 52.4 Å². The molecule has 1 fully saturated rings. The van der Waals surface area contributed by atoms with Gasteiger partial charge in [0.2, 0.25) is 0 Å². The van der Waals surface area contributed by atoms with E-state index in [0.717, 1.165) is 0 Å². The van der Waals surface area contributed by atoms with Crippen LogP contribution in [0.15, 0.2) is 29.8 Å². The first-order valence-corrected chi connectivity index (χ1v) is 9.75. The number of benzene rings is 1. The Bertz CT molecular complexity index is 1020. The minimum absolute atomic E-state index is 0.0752. The zero-order chi connectivity index (χ0) is 22.2. The molecule has 2 heterocycles. The molecule has 0 unspecified atom stereocenters. The Morgan fingerprint density at radius 3 is 2.53 bits per heavy atom. The summed E-state index contributed by atoms with van der Waals surface area (Å²) in [6.07, 6.45) is 0. The van der Waals surface area contributed by atoms with Gasteiger partial charge in [-0.25, -0.2) is 0 Å². The number of hydrogen-bond donors (Lipinski definition) is 1. The van der Waals surface area contributed by atoms with Crippen LogP contribution in [0.4, 0.5) is 0 Å². The summed E-state index contributed by atoms with van der Waals surface area (Å²) in [4.78, 5) is 29.5. The molecular weight excluding hydrogens is 384 g/mol. The molecule has 1 atom stereocenters. The van der Waals surface area contributed by atoms with E-state index in [1.165, 1.54) is 4.90 Å². The topological polar surface area (TPSA) is 87.9 Å². The summed E-state index contributed by atoms with van der Waals surface area (Å²) in [7, 11) is 7.14. The van der Waals surface area contributed by atoms with Crippen LogP contribution in [-0.2, 0) is 16.6 Å². The Morgan fingerprint density at radius 1 is 1.27 bits per heavy atom. The molecule has 1 aromatic carbocycles. The van der Waals surface area contributed by atoms with Gasteiger partial charge in [-0.15, -0.1) is 0 Å². The fourth-order valence-corrected chi connectivity index (χ4v) is 3.83. The van der Waals surface area contributed by atoms with Crippen LogP contribution in [0.25, 0.3) is 5.76 Å². The van der Waals surface area contributed by atoms with E-state index in [-0.39, 0.29) is 11.3 Å². The van der Waals surface area contributed by atoms with Crippen molar-refractivity contribution in [1.82, 2.24) is 19.6 Å². The third kappa shape index (κ3) is 3.70. The van der Waals surface area contributed by atoms with Crippen LogP contribution >= 0.6 is 0 Å². The molecular formula is C22H28N4O4. The summed E-state index contributed by atoms with van der Waals surface area (Å²) in [5.74, 6) is -0.900. The molecule has 30 heavy (non-hydrogen) atoms. The predicted octanol–water partition coefficient (Wildman–Crippen LogP) is 2.03. The number of likely N-dealkylation sites (tertiary alicyclic amines) is 1. The Labute approximate surface area is 176 Å². The lowest BCUT2D eigenvalue weighted by Gasteiger charge is -2.26. The van der Waals surface area contributed by atoms with Gasteiger partial charge in [0.15, 0.2) is 0 Å². The number of carbonyl (C=O) groups excluding carboxylic acids is 2. The van der Waals surface area contributed by atoms with E-state index in [0.29, 0.717) is 41.4 Å². The van der Waals surface area contributed by atoms with Gasteiger partial charge in [-0.3, -0.25) is 14.3 Å². The van der Waals surface area contributed by atoms with Crippen LogP contribution in [0.3, 0.4) is 0 Å². The molecule has 8 heteroatoms. The predicted molar refractivity (Wildman–Crippen MR) is 113 cm³/mol. The highest BCUT2D eigenvalue weighted by Crippen LogP contribution is 2.40. The van der Waals surface area contributed by atoms with Crippen LogP contribution in [0, 0.1) is 13.8 Å². The summed E-state index contributed by atoms with van der Waals surface area (Å²) < 4.78 is 6.98. The van der Waals surface area contributed by atoms with Gasteiger partial charge in [-0.05, 0) is 45.6 Å². The van der Waals surface area contributed by atoms with E-state index in [2.05, 4.69) is 5.10 Å². The number of methoxy groups -OCH3 is 1. The fourth-order valence-electron chi connectivity index (χ4n) is 3.83. The van der Waals surface area contributed by atoms with Crippen molar-refractivity contribution in [3.8, 4) is 5.75 Å². The van der Waals surface area contributed by atoms with E-state index >= 15 is 0 Å². The number of ether oxygens (including phenoxy) is 1. The minimum atomic E-state index is -0.709. The first kappa shape index (κ1) is 21.6. The zero-order valence-corrected chi connectivity index (χ0v) is 18.3. The second kappa shape index (κ2) is 8.31. The number of nitrogens with zero attached hydrogens (tertiary/aromatic N) is 4. The van der Waals surface area contributed by atoms with Gasteiger partial charge < -0.3 is 19.6 Å². The Balaban J connectivity index is 2.22. The summed E-state index contributed by atoms with van der Waals surface area (Å²) in [5.41, 5.74) is 2.57. The molecule has 0 radical (unpaired) electrons. The summed E-state index contributed by atoms with van der Waals surface area (Å²) in [6, 6.07) is 6.51. The number of Topliss-reactive ketones (excluding diaryl/α,β-unsaturated/α-hetero) is 1. The standard InChI is InChI=1S/C22H28N4O4/c1-13-17(14(2)25(5)23-13)20(27)18-19(15-8-7-9-16(12-15)30-6)26(11-10-24(3)4)22(29)21(18)28/h7-9,12,19,27H,10-11H2,1-6H3/b20-18+/t19-/m0/s1. The molecule has 1 aromatic heterocycles. The Kier molecular flexibility index (Phi) is 5.98. The number of aryl methyl sites for hydroxylation is 2. The Hall–Kier alpha value is -3.13. The largest absolute Gasteiger partial charge is 0.507 e. The highest BCUT2D eigenvalue weighted by Gasteiger charge is 2.46. The molecule has 1 amide bonds. The molecule has 3 rings (SSSR count). The van der Waals surface area contributed by atoms with Crippen molar-refractivity contribution >= 4 is 17.4 Å². The van der Waals surface area contributed by atoms with Crippen molar-refractivity contribution in [2.24, 2.45) is 7.05 Å². The van der Waals surface area contributed by atoms with Crippen LogP contribution < -0.4 is 4.74 Å². The van der Waals surface area contributed by atoms with Crippen molar-refractivity contribution < 1.29 is 19.4 Å². The van der Waals surface area contributed by atoms with E-state index in [9.17, 15) is 14.7 Å². The third-order valence-electron chi connectivity index (χ3n) is 5.48. The maximum absolute atomic E-state index is 13.1. The smallest absolute Gasteiger partial charge is 0.295 e.